The maximum Gasteiger partial charge on any atom is 0.260 e. The Kier molecular flexibility index (Phi) is 5.20. The van der Waals surface area contributed by atoms with Crippen LogP contribution in [0.2, 0.25) is 0 Å². The van der Waals surface area contributed by atoms with Gasteiger partial charge < -0.3 is 5.43 Å². The van der Waals surface area contributed by atoms with Gasteiger partial charge >= 0.3 is 0 Å². The lowest BCUT2D eigenvalue weighted by molar-refractivity contribution is 0.571. The first-order chi connectivity index (χ1) is 8.76. The minimum Gasteiger partial charge on any atom is -0.321 e. The lowest BCUT2D eigenvalue weighted by atomic mass is 10.4. The van der Waals surface area contributed by atoms with Crippen LogP contribution in [0.5, 0.6) is 0 Å². The summed E-state index contributed by atoms with van der Waals surface area (Å²) in [5, 5.41) is -0.253. The molecule has 108 valence electrons. The highest BCUT2D eigenvalue weighted by atomic mass is 32.2. The second kappa shape index (κ2) is 6.25. The first-order valence-corrected chi connectivity index (χ1v) is 8.49. The van der Waals surface area contributed by atoms with Crippen molar-refractivity contribution >= 4 is 25.7 Å². The predicted molar refractivity (Wildman–Crippen MR) is 70.1 cm³/mol. The Bertz CT molecular complexity index is 628. The molecule has 19 heavy (non-hydrogen) atoms. The number of hydrazine groups is 1. The Labute approximate surface area is 111 Å². The number of nitrogen functional groups attached to an aromatic ring is 1. The maximum atomic E-state index is 11.9. The standard InChI is InChI=1S/C8H15N5O4S2/c1-18(14,15)11-5-6-12-19(16,17)8-7(13-9)3-2-4-10-8/h2-4,11-13H,5-6,9H2,1H3. The molecule has 0 spiro atoms. The van der Waals surface area contributed by atoms with Crippen LogP contribution < -0.4 is 20.7 Å². The molecule has 0 fully saturated rings. The number of hydrogen-bond acceptors (Lipinski definition) is 7. The molecular formula is C8H15N5O4S2. The molecule has 0 aromatic carbocycles. The molecule has 0 aliphatic rings. The topological polar surface area (TPSA) is 143 Å². The van der Waals surface area contributed by atoms with Gasteiger partial charge in [0.2, 0.25) is 10.0 Å². The third-order valence-electron chi connectivity index (χ3n) is 1.96. The van der Waals surface area contributed by atoms with E-state index in [-0.39, 0.29) is 23.8 Å². The molecule has 1 rings (SSSR count). The SMILES string of the molecule is CS(=O)(=O)NCCNS(=O)(=O)c1ncccc1NN. The fourth-order valence-electron chi connectivity index (χ4n) is 1.20. The van der Waals surface area contributed by atoms with Gasteiger partial charge in [0.05, 0.1) is 11.9 Å². The van der Waals surface area contributed by atoms with Crippen LogP contribution in [0.3, 0.4) is 0 Å². The van der Waals surface area contributed by atoms with E-state index in [9.17, 15) is 16.8 Å². The van der Waals surface area contributed by atoms with E-state index in [1.807, 2.05) is 0 Å². The molecule has 0 unspecified atom stereocenters. The first kappa shape index (κ1) is 15.8. The Morgan fingerprint density at radius 2 is 1.84 bits per heavy atom. The molecule has 5 N–H and O–H groups in total. The third-order valence-corrected chi connectivity index (χ3v) is 4.11. The van der Waals surface area contributed by atoms with Crippen molar-refractivity contribution in [1.82, 2.24) is 14.4 Å². The molecule has 1 heterocycles. The van der Waals surface area contributed by atoms with Gasteiger partial charge in [0.15, 0.2) is 5.03 Å². The number of sulfonamides is 2. The molecule has 0 saturated heterocycles. The van der Waals surface area contributed by atoms with E-state index in [1.54, 1.807) is 0 Å². The normalized spacial score (nSPS) is 12.3. The van der Waals surface area contributed by atoms with Crippen LogP contribution >= 0.6 is 0 Å². The highest BCUT2D eigenvalue weighted by Gasteiger charge is 2.19. The van der Waals surface area contributed by atoms with Crippen LogP contribution in [0.15, 0.2) is 23.4 Å². The minimum atomic E-state index is -3.86. The van der Waals surface area contributed by atoms with Crippen molar-refractivity contribution in [3.8, 4) is 0 Å². The van der Waals surface area contributed by atoms with Gasteiger partial charge in [0, 0.05) is 19.3 Å². The maximum absolute atomic E-state index is 11.9. The summed E-state index contributed by atoms with van der Waals surface area (Å²) in [6.45, 7) is -0.160. The molecule has 0 aliphatic heterocycles. The molecule has 0 saturated carbocycles. The van der Waals surface area contributed by atoms with E-state index in [4.69, 9.17) is 5.84 Å². The number of hydrogen-bond donors (Lipinski definition) is 4. The quantitative estimate of drug-likeness (QED) is 0.264. The molecule has 0 bridgehead atoms. The summed E-state index contributed by atoms with van der Waals surface area (Å²) in [6.07, 6.45) is 2.29. The van der Waals surface area contributed by atoms with Crippen molar-refractivity contribution in [2.45, 2.75) is 5.03 Å². The van der Waals surface area contributed by atoms with Gasteiger partial charge in [0.25, 0.3) is 10.0 Å². The van der Waals surface area contributed by atoms with Crippen LogP contribution in [-0.2, 0) is 20.0 Å². The van der Waals surface area contributed by atoms with Crippen molar-refractivity contribution in [3.63, 3.8) is 0 Å². The van der Waals surface area contributed by atoms with Gasteiger partial charge in [-0.1, -0.05) is 0 Å². The summed E-state index contributed by atoms with van der Waals surface area (Å²) in [6, 6.07) is 2.98. The Balaban J connectivity index is 2.71. The second-order valence-electron chi connectivity index (χ2n) is 3.56. The summed E-state index contributed by atoms with van der Waals surface area (Å²) in [4.78, 5) is 3.72. The van der Waals surface area contributed by atoms with Crippen molar-refractivity contribution in [1.29, 1.82) is 0 Å². The van der Waals surface area contributed by atoms with Crippen LogP contribution in [0.4, 0.5) is 5.69 Å². The zero-order valence-corrected chi connectivity index (χ0v) is 11.8. The number of nitrogens with two attached hydrogens (primary N) is 1. The lowest BCUT2D eigenvalue weighted by Gasteiger charge is -2.09. The predicted octanol–water partition coefficient (Wildman–Crippen LogP) is -1.81. The lowest BCUT2D eigenvalue weighted by Crippen LogP contribution is -2.34. The molecule has 0 aliphatic carbocycles. The van der Waals surface area contributed by atoms with Crippen molar-refractivity contribution < 1.29 is 16.8 Å². The van der Waals surface area contributed by atoms with Gasteiger partial charge in [-0.2, -0.15) is 0 Å². The summed E-state index contributed by atoms with van der Waals surface area (Å²) >= 11 is 0. The van der Waals surface area contributed by atoms with E-state index in [0.29, 0.717) is 0 Å². The van der Waals surface area contributed by atoms with Crippen LogP contribution in [0.1, 0.15) is 0 Å². The zero-order valence-electron chi connectivity index (χ0n) is 10.1. The molecule has 9 nitrogen and oxygen atoms in total. The van der Waals surface area contributed by atoms with Gasteiger partial charge in [-0.3, -0.25) is 5.84 Å². The average Bonchev–Trinajstić information content (AvgIpc) is 2.33. The zero-order chi connectivity index (χ0) is 14.5. The van der Waals surface area contributed by atoms with Crippen LogP contribution in [0, 0.1) is 0 Å². The van der Waals surface area contributed by atoms with Crippen molar-refractivity contribution in [2.75, 3.05) is 24.8 Å². The Morgan fingerprint density at radius 1 is 1.21 bits per heavy atom. The van der Waals surface area contributed by atoms with Gasteiger partial charge in [0.1, 0.15) is 0 Å². The van der Waals surface area contributed by atoms with Gasteiger partial charge in [-0.25, -0.2) is 31.3 Å². The largest absolute Gasteiger partial charge is 0.321 e. The molecule has 1 aromatic heterocycles. The van der Waals surface area contributed by atoms with Crippen LogP contribution in [0.25, 0.3) is 0 Å². The summed E-state index contributed by atoms with van der Waals surface area (Å²) in [5.41, 5.74) is 2.37. The van der Waals surface area contributed by atoms with Crippen molar-refractivity contribution in [2.24, 2.45) is 5.84 Å². The molecule has 0 radical (unpaired) electrons. The number of nitrogens with zero attached hydrogens (tertiary/aromatic N) is 1. The number of rotatable bonds is 7. The first-order valence-electron chi connectivity index (χ1n) is 5.12. The van der Waals surface area contributed by atoms with Gasteiger partial charge in [-0.05, 0) is 12.1 Å². The minimum absolute atomic E-state index is 0.0592. The number of anilines is 1. The number of nitrogens with one attached hydrogen (secondary N) is 3. The Morgan fingerprint density at radius 3 is 2.42 bits per heavy atom. The monoisotopic (exact) mass is 309 g/mol. The molecule has 0 atom stereocenters. The van der Waals surface area contributed by atoms with E-state index < -0.39 is 20.0 Å². The highest BCUT2D eigenvalue weighted by molar-refractivity contribution is 7.89. The fourth-order valence-corrected chi connectivity index (χ4v) is 2.80. The average molecular weight is 309 g/mol. The Hall–Kier alpha value is -1.27. The van der Waals surface area contributed by atoms with E-state index in [0.717, 1.165) is 6.26 Å². The van der Waals surface area contributed by atoms with Crippen molar-refractivity contribution in [3.05, 3.63) is 18.3 Å². The van der Waals surface area contributed by atoms with Crippen LogP contribution in [-0.4, -0.2) is 41.2 Å². The number of aromatic nitrogens is 1. The summed E-state index contributed by atoms with van der Waals surface area (Å²) < 4.78 is 49.7. The molecule has 1 aromatic rings. The summed E-state index contributed by atoms with van der Waals surface area (Å²) in [5.74, 6) is 5.19. The fraction of sp³-hybridized carbons (Fsp3) is 0.375. The second-order valence-corrected chi connectivity index (χ2v) is 7.08. The number of pyridine rings is 1. The van der Waals surface area contributed by atoms with E-state index >= 15 is 0 Å². The smallest absolute Gasteiger partial charge is 0.260 e. The molecule has 0 amide bonds. The van der Waals surface area contributed by atoms with E-state index in [1.165, 1.54) is 18.3 Å². The molecule has 11 heteroatoms. The van der Waals surface area contributed by atoms with E-state index in [2.05, 4.69) is 19.9 Å². The van der Waals surface area contributed by atoms with Gasteiger partial charge in [-0.15, -0.1) is 0 Å². The molecular weight excluding hydrogens is 294 g/mol. The summed E-state index contributed by atoms with van der Waals surface area (Å²) in [7, 11) is -7.21. The third kappa shape index (κ3) is 5.08. The highest BCUT2D eigenvalue weighted by Crippen LogP contribution is 2.15.